The van der Waals surface area contributed by atoms with Gasteiger partial charge in [-0.3, -0.25) is 9.78 Å². The first kappa shape index (κ1) is 14.0. The number of ether oxygens (including phenoxy) is 1. The van der Waals surface area contributed by atoms with Crippen LogP contribution in [0.2, 0.25) is 5.02 Å². The lowest BCUT2D eigenvalue weighted by atomic mass is 9.87. The monoisotopic (exact) mass is 316 g/mol. The highest BCUT2D eigenvalue weighted by molar-refractivity contribution is 6.31. The molecular formula is C14H9ClN4O3. The topological polar surface area (TPSA) is 125 Å². The number of nitrogens with two attached hydrogens (primary N) is 1. The third-order valence-electron chi connectivity index (χ3n) is 3.32. The number of H-pyrrole nitrogens is 2. The maximum atomic E-state index is 11.9. The van der Waals surface area contributed by atoms with Crippen LogP contribution in [0.25, 0.3) is 0 Å². The van der Waals surface area contributed by atoms with Gasteiger partial charge in [0.15, 0.2) is 0 Å². The van der Waals surface area contributed by atoms with Crippen LogP contribution in [0.3, 0.4) is 0 Å². The predicted octanol–water partition coefficient (Wildman–Crippen LogP) is 0.935. The SMILES string of the molecule is N#CC1=C(N)Oc2c([nH]c(=O)[nH]c2=O)[C@H]1c1ccccc1Cl. The number of halogens is 1. The summed E-state index contributed by atoms with van der Waals surface area (Å²) >= 11 is 6.18. The van der Waals surface area contributed by atoms with Crippen molar-refractivity contribution in [2.45, 2.75) is 5.92 Å². The molecule has 1 atom stereocenters. The molecule has 3 rings (SSSR count). The molecule has 110 valence electrons. The number of benzene rings is 1. The van der Waals surface area contributed by atoms with Crippen molar-refractivity contribution in [2.24, 2.45) is 5.73 Å². The fourth-order valence-corrected chi connectivity index (χ4v) is 2.63. The van der Waals surface area contributed by atoms with Crippen LogP contribution in [0.1, 0.15) is 17.2 Å². The number of nitrogens with zero attached hydrogens (tertiary/aromatic N) is 1. The lowest BCUT2D eigenvalue weighted by molar-refractivity contribution is 0.382. The lowest BCUT2D eigenvalue weighted by Gasteiger charge is -2.25. The zero-order valence-corrected chi connectivity index (χ0v) is 11.8. The fraction of sp³-hybridized carbons (Fsp3) is 0.0714. The van der Waals surface area contributed by atoms with Crippen molar-refractivity contribution in [1.29, 1.82) is 5.26 Å². The van der Waals surface area contributed by atoms with Crippen molar-refractivity contribution >= 4 is 11.6 Å². The molecule has 0 radical (unpaired) electrons. The minimum atomic E-state index is -0.780. The van der Waals surface area contributed by atoms with Crippen LogP contribution < -0.4 is 21.7 Å². The molecule has 0 fully saturated rings. The molecule has 8 heteroatoms. The Hall–Kier alpha value is -2.98. The van der Waals surface area contributed by atoms with Crippen molar-refractivity contribution in [2.75, 3.05) is 0 Å². The molecule has 2 aromatic rings. The molecule has 1 aromatic carbocycles. The van der Waals surface area contributed by atoms with E-state index in [1.165, 1.54) is 0 Å². The van der Waals surface area contributed by atoms with E-state index in [1.54, 1.807) is 24.3 Å². The van der Waals surface area contributed by atoms with E-state index in [4.69, 9.17) is 22.1 Å². The van der Waals surface area contributed by atoms with Gasteiger partial charge in [-0.1, -0.05) is 29.8 Å². The second-order valence-corrected chi connectivity index (χ2v) is 5.00. The van der Waals surface area contributed by atoms with E-state index in [1.807, 2.05) is 6.07 Å². The molecule has 4 N–H and O–H groups in total. The Labute approximate surface area is 128 Å². The molecule has 0 bridgehead atoms. The van der Waals surface area contributed by atoms with E-state index in [0.717, 1.165) is 0 Å². The summed E-state index contributed by atoms with van der Waals surface area (Å²) in [5.74, 6) is -1.13. The van der Waals surface area contributed by atoms with Crippen LogP contribution in [0.5, 0.6) is 5.75 Å². The molecule has 1 aliphatic heterocycles. The van der Waals surface area contributed by atoms with Crippen molar-refractivity contribution < 1.29 is 4.74 Å². The van der Waals surface area contributed by atoms with Gasteiger partial charge < -0.3 is 15.5 Å². The second-order valence-electron chi connectivity index (χ2n) is 4.60. The molecule has 0 aliphatic carbocycles. The number of nitrogens with one attached hydrogen (secondary N) is 2. The first-order valence-electron chi connectivity index (χ1n) is 6.21. The van der Waals surface area contributed by atoms with Crippen LogP contribution in [-0.4, -0.2) is 9.97 Å². The Morgan fingerprint density at radius 3 is 2.68 bits per heavy atom. The van der Waals surface area contributed by atoms with Crippen LogP contribution >= 0.6 is 11.6 Å². The van der Waals surface area contributed by atoms with Crippen molar-refractivity contribution in [3.05, 3.63) is 72.8 Å². The summed E-state index contributed by atoms with van der Waals surface area (Å²) in [6, 6.07) is 8.73. The molecule has 22 heavy (non-hydrogen) atoms. The van der Waals surface area contributed by atoms with Gasteiger partial charge in [0, 0.05) is 5.02 Å². The number of hydrogen-bond acceptors (Lipinski definition) is 5. The highest BCUT2D eigenvalue weighted by Gasteiger charge is 2.34. The van der Waals surface area contributed by atoms with Gasteiger partial charge in [-0.05, 0) is 11.6 Å². The fourth-order valence-electron chi connectivity index (χ4n) is 2.39. The Balaban J connectivity index is 2.37. The number of aromatic nitrogens is 2. The molecule has 0 unspecified atom stereocenters. The van der Waals surface area contributed by atoms with Gasteiger partial charge in [0.2, 0.25) is 11.6 Å². The van der Waals surface area contributed by atoms with E-state index in [9.17, 15) is 14.9 Å². The molecule has 0 amide bonds. The lowest BCUT2D eigenvalue weighted by Crippen LogP contribution is -2.32. The van der Waals surface area contributed by atoms with Crippen LogP contribution in [-0.2, 0) is 0 Å². The maximum absolute atomic E-state index is 11.9. The maximum Gasteiger partial charge on any atom is 0.326 e. The van der Waals surface area contributed by atoms with E-state index in [0.29, 0.717) is 10.6 Å². The van der Waals surface area contributed by atoms with Crippen molar-refractivity contribution in [1.82, 2.24) is 9.97 Å². The minimum absolute atomic E-state index is 0.0712. The molecule has 0 spiro atoms. The zero-order chi connectivity index (χ0) is 15.9. The third kappa shape index (κ3) is 2.06. The standard InChI is InChI=1S/C14H9ClN4O3/c15-8-4-2-1-3-6(8)9-7(5-16)12(17)22-11-10(9)18-14(21)19-13(11)20/h1-4,9H,17H2,(H2,18,19,20,21)/t9-/m0/s1. The summed E-state index contributed by atoms with van der Waals surface area (Å²) in [7, 11) is 0. The van der Waals surface area contributed by atoms with Gasteiger partial charge in [-0.2, -0.15) is 5.26 Å². The van der Waals surface area contributed by atoms with Crippen molar-refractivity contribution in [3.8, 4) is 11.8 Å². The Bertz CT molecular complexity index is 952. The van der Waals surface area contributed by atoms with E-state index in [2.05, 4.69) is 9.97 Å². The third-order valence-corrected chi connectivity index (χ3v) is 3.66. The van der Waals surface area contributed by atoms with E-state index >= 15 is 0 Å². The molecule has 0 saturated heterocycles. The molecule has 7 nitrogen and oxygen atoms in total. The number of rotatable bonds is 1. The van der Waals surface area contributed by atoms with E-state index < -0.39 is 17.2 Å². The van der Waals surface area contributed by atoms with Gasteiger partial charge in [-0.15, -0.1) is 0 Å². The average molecular weight is 317 g/mol. The summed E-state index contributed by atoms with van der Waals surface area (Å²) in [5, 5.41) is 9.74. The van der Waals surface area contributed by atoms with Gasteiger partial charge in [0.25, 0.3) is 5.56 Å². The van der Waals surface area contributed by atoms with E-state index in [-0.39, 0.29) is 22.9 Å². The zero-order valence-electron chi connectivity index (χ0n) is 11.0. The molecule has 1 aromatic heterocycles. The largest absolute Gasteiger partial charge is 0.433 e. The Morgan fingerprint density at radius 2 is 2.00 bits per heavy atom. The molecule has 2 heterocycles. The highest BCUT2D eigenvalue weighted by atomic mass is 35.5. The van der Waals surface area contributed by atoms with Crippen molar-refractivity contribution in [3.63, 3.8) is 0 Å². The Kier molecular flexibility index (Phi) is 3.23. The van der Waals surface area contributed by atoms with Crippen LogP contribution in [0.15, 0.2) is 45.3 Å². The van der Waals surface area contributed by atoms with Crippen LogP contribution in [0, 0.1) is 11.3 Å². The average Bonchev–Trinajstić information content (AvgIpc) is 2.48. The van der Waals surface area contributed by atoms with Gasteiger partial charge >= 0.3 is 5.69 Å². The Morgan fingerprint density at radius 1 is 1.27 bits per heavy atom. The molecule has 0 saturated carbocycles. The summed E-state index contributed by atoms with van der Waals surface area (Å²) < 4.78 is 5.19. The van der Waals surface area contributed by atoms with Crippen LogP contribution in [0.4, 0.5) is 0 Å². The summed E-state index contributed by atoms with van der Waals surface area (Å²) in [6.45, 7) is 0. The highest BCUT2D eigenvalue weighted by Crippen LogP contribution is 2.40. The van der Waals surface area contributed by atoms with Gasteiger partial charge in [-0.25, -0.2) is 4.79 Å². The first-order chi connectivity index (χ1) is 10.5. The number of nitriles is 1. The predicted molar refractivity (Wildman–Crippen MR) is 78.4 cm³/mol. The molecular weight excluding hydrogens is 308 g/mol. The quantitative estimate of drug-likeness (QED) is 0.722. The first-order valence-corrected chi connectivity index (χ1v) is 6.59. The minimum Gasteiger partial charge on any atom is -0.433 e. The molecule has 1 aliphatic rings. The summed E-state index contributed by atoms with van der Waals surface area (Å²) in [6.07, 6.45) is 0. The summed E-state index contributed by atoms with van der Waals surface area (Å²) in [4.78, 5) is 28.0. The smallest absolute Gasteiger partial charge is 0.326 e. The number of fused-ring (bicyclic) bond motifs is 1. The van der Waals surface area contributed by atoms with Gasteiger partial charge in [0.1, 0.15) is 11.6 Å². The second kappa shape index (κ2) is 5.09. The normalized spacial score (nSPS) is 16.6. The number of hydrogen-bond donors (Lipinski definition) is 3. The van der Waals surface area contributed by atoms with Gasteiger partial charge in [0.05, 0.1) is 11.6 Å². The summed E-state index contributed by atoms with van der Waals surface area (Å²) in [5.41, 5.74) is 5.06. The number of allylic oxidation sites excluding steroid dienone is 1. The number of aromatic amines is 2.